The van der Waals surface area contributed by atoms with Crippen LogP contribution in [0.5, 0.6) is 5.75 Å². The molecule has 3 rings (SSSR count). The predicted octanol–water partition coefficient (Wildman–Crippen LogP) is 1.45. The van der Waals surface area contributed by atoms with Gasteiger partial charge in [0.1, 0.15) is 11.9 Å². The Morgan fingerprint density at radius 3 is 2.79 bits per heavy atom. The van der Waals surface area contributed by atoms with Gasteiger partial charge in [0.15, 0.2) is 0 Å². The molecule has 1 aliphatic rings. The highest BCUT2D eigenvalue weighted by Crippen LogP contribution is 2.18. The number of rotatable bonds is 6. The number of aromatic nitrogens is 2. The molecule has 0 saturated carbocycles. The van der Waals surface area contributed by atoms with Gasteiger partial charge in [0.2, 0.25) is 0 Å². The van der Waals surface area contributed by atoms with Crippen LogP contribution >= 0.6 is 0 Å². The molecule has 1 atom stereocenters. The third kappa shape index (κ3) is 3.84. The molecule has 0 spiro atoms. The normalized spacial score (nSPS) is 16.3. The molecule has 24 heavy (non-hydrogen) atoms. The molecular weight excluding hydrogens is 306 g/mol. The van der Waals surface area contributed by atoms with E-state index in [1.807, 2.05) is 35.0 Å². The van der Waals surface area contributed by atoms with Crippen LogP contribution < -0.4 is 4.74 Å². The zero-order valence-electron chi connectivity index (χ0n) is 13.8. The minimum Gasteiger partial charge on any atom is -0.497 e. The highest BCUT2D eigenvalue weighted by Gasteiger charge is 2.20. The second-order valence-corrected chi connectivity index (χ2v) is 5.89. The first-order valence-electron chi connectivity index (χ1n) is 8.08. The first-order valence-corrected chi connectivity index (χ1v) is 8.08. The molecule has 0 saturated heterocycles. The molecule has 1 aromatic carbocycles. The second-order valence-electron chi connectivity index (χ2n) is 5.89. The van der Waals surface area contributed by atoms with E-state index in [9.17, 15) is 5.11 Å². The summed E-state index contributed by atoms with van der Waals surface area (Å²) >= 11 is 0. The quantitative estimate of drug-likeness (QED) is 0.839. The molecule has 1 aromatic heterocycles. The van der Waals surface area contributed by atoms with Crippen molar-refractivity contribution in [2.24, 2.45) is 0 Å². The molecule has 2 aromatic rings. The molecule has 1 aliphatic heterocycles. The number of hydrogen-bond acceptors (Lipinski definition) is 5. The van der Waals surface area contributed by atoms with Crippen molar-refractivity contribution in [1.82, 2.24) is 14.7 Å². The molecule has 0 radical (unpaired) electrons. The lowest BCUT2D eigenvalue weighted by molar-refractivity contribution is 0.0915. The third-order valence-electron chi connectivity index (χ3n) is 4.20. The molecule has 0 aliphatic carbocycles. The lowest BCUT2D eigenvalue weighted by atomic mass is 10.2. The van der Waals surface area contributed by atoms with Crippen molar-refractivity contribution in [2.75, 3.05) is 26.8 Å². The first-order chi connectivity index (χ1) is 11.7. The van der Waals surface area contributed by atoms with Crippen LogP contribution in [-0.2, 0) is 13.1 Å². The summed E-state index contributed by atoms with van der Waals surface area (Å²) in [4.78, 5) is 2.33. The minimum atomic E-state index is -0.897. The van der Waals surface area contributed by atoms with Gasteiger partial charge in [0.25, 0.3) is 0 Å². The van der Waals surface area contributed by atoms with Crippen LogP contribution in [0.2, 0.25) is 0 Å². The molecule has 6 nitrogen and oxygen atoms in total. The minimum absolute atomic E-state index is 0.301. The van der Waals surface area contributed by atoms with Crippen LogP contribution in [0.1, 0.15) is 23.1 Å². The van der Waals surface area contributed by atoms with Gasteiger partial charge in [-0.15, -0.1) is 0 Å². The highest BCUT2D eigenvalue weighted by atomic mass is 16.5. The maximum absolute atomic E-state index is 9.69. The summed E-state index contributed by atoms with van der Waals surface area (Å²) < 4.78 is 7.07. The molecule has 2 N–H and O–H groups in total. The smallest absolute Gasteiger partial charge is 0.121 e. The van der Waals surface area contributed by atoms with Crippen molar-refractivity contribution in [2.45, 2.75) is 19.2 Å². The number of hydrogen-bond donors (Lipinski definition) is 2. The molecule has 1 unspecified atom stereocenters. The van der Waals surface area contributed by atoms with E-state index in [1.54, 1.807) is 7.11 Å². The number of benzene rings is 1. The van der Waals surface area contributed by atoms with Crippen LogP contribution in [0.4, 0.5) is 0 Å². The first kappa shape index (κ1) is 16.7. The van der Waals surface area contributed by atoms with Crippen LogP contribution in [0, 0.1) is 0 Å². The van der Waals surface area contributed by atoms with Crippen molar-refractivity contribution in [3.63, 3.8) is 0 Å². The van der Waals surface area contributed by atoms with E-state index in [2.05, 4.69) is 22.2 Å². The Morgan fingerprint density at radius 2 is 2.08 bits per heavy atom. The van der Waals surface area contributed by atoms with E-state index in [0.717, 1.165) is 43.2 Å². The third-order valence-corrected chi connectivity index (χ3v) is 4.20. The van der Waals surface area contributed by atoms with Crippen molar-refractivity contribution in [3.8, 4) is 5.75 Å². The van der Waals surface area contributed by atoms with Gasteiger partial charge in [-0.05, 0) is 23.8 Å². The Balaban J connectivity index is 1.57. The monoisotopic (exact) mass is 329 g/mol. The van der Waals surface area contributed by atoms with Gasteiger partial charge in [-0.3, -0.25) is 9.58 Å². The molecule has 6 heteroatoms. The number of ether oxygens (including phenoxy) is 1. The Bertz CT molecular complexity index is 694. The van der Waals surface area contributed by atoms with Crippen molar-refractivity contribution >= 4 is 6.08 Å². The van der Waals surface area contributed by atoms with E-state index >= 15 is 0 Å². The number of methoxy groups -OCH3 is 1. The molecule has 128 valence electrons. The van der Waals surface area contributed by atoms with E-state index in [-0.39, 0.29) is 6.61 Å². The van der Waals surface area contributed by atoms with Gasteiger partial charge in [0.05, 0.1) is 31.6 Å². The summed E-state index contributed by atoms with van der Waals surface area (Å²) in [6.07, 6.45) is 3.36. The van der Waals surface area contributed by atoms with Crippen LogP contribution in [0.25, 0.3) is 6.08 Å². The van der Waals surface area contributed by atoms with Crippen LogP contribution in [0.3, 0.4) is 0 Å². The summed E-state index contributed by atoms with van der Waals surface area (Å²) in [6, 6.07) is 9.84. The molecule has 2 heterocycles. The fourth-order valence-corrected chi connectivity index (χ4v) is 2.81. The Hall–Kier alpha value is -2.15. The Labute approximate surface area is 141 Å². The average molecular weight is 329 g/mol. The molecule has 0 bridgehead atoms. The maximum Gasteiger partial charge on any atom is 0.121 e. The maximum atomic E-state index is 9.69. The molecule has 0 amide bonds. The standard InChI is InChI=1S/C18H23N3O3/c1-24-16-6-4-14(5-7-16)3-2-8-20-9-10-21-15(12-20)11-17(19-21)18(23)13-22/h2-7,11,18,22-23H,8-10,12-13H2,1H3. The van der Waals surface area contributed by atoms with E-state index in [4.69, 9.17) is 9.84 Å². The van der Waals surface area contributed by atoms with Gasteiger partial charge in [-0.25, -0.2) is 0 Å². The number of fused-ring (bicyclic) bond motifs is 1. The van der Waals surface area contributed by atoms with E-state index in [0.29, 0.717) is 5.69 Å². The zero-order valence-corrected chi connectivity index (χ0v) is 13.8. The second kappa shape index (κ2) is 7.61. The zero-order chi connectivity index (χ0) is 16.9. The van der Waals surface area contributed by atoms with Gasteiger partial charge >= 0.3 is 0 Å². The van der Waals surface area contributed by atoms with Crippen molar-refractivity contribution in [3.05, 3.63) is 53.4 Å². The van der Waals surface area contributed by atoms with Gasteiger partial charge in [0, 0.05) is 19.6 Å². The van der Waals surface area contributed by atoms with Gasteiger partial charge in [-0.1, -0.05) is 24.3 Å². The Kier molecular flexibility index (Phi) is 5.30. The summed E-state index contributed by atoms with van der Waals surface area (Å²) in [5.74, 6) is 0.859. The predicted molar refractivity (Wildman–Crippen MR) is 91.6 cm³/mol. The lowest BCUT2D eigenvalue weighted by Crippen LogP contribution is -2.33. The largest absolute Gasteiger partial charge is 0.497 e. The summed E-state index contributed by atoms with van der Waals surface area (Å²) in [5, 5.41) is 23.1. The molecular formula is C18H23N3O3. The van der Waals surface area contributed by atoms with E-state index < -0.39 is 6.10 Å². The average Bonchev–Trinajstić information content (AvgIpc) is 3.05. The molecule has 0 fully saturated rings. The van der Waals surface area contributed by atoms with Gasteiger partial charge in [-0.2, -0.15) is 5.10 Å². The van der Waals surface area contributed by atoms with E-state index in [1.165, 1.54) is 0 Å². The number of nitrogens with zero attached hydrogens (tertiary/aromatic N) is 3. The fourth-order valence-electron chi connectivity index (χ4n) is 2.81. The van der Waals surface area contributed by atoms with Crippen LogP contribution in [0.15, 0.2) is 36.4 Å². The Morgan fingerprint density at radius 1 is 1.29 bits per heavy atom. The van der Waals surface area contributed by atoms with Crippen molar-refractivity contribution < 1.29 is 14.9 Å². The lowest BCUT2D eigenvalue weighted by Gasteiger charge is -2.26. The highest BCUT2D eigenvalue weighted by molar-refractivity contribution is 5.50. The topological polar surface area (TPSA) is 70.8 Å². The van der Waals surface area contributed by atoms with Gasteiger partial charge < -0.3 is 14.9 Å². The number of aliphatic hydroxyl groups is 2. The fraction of sp³-hybridized carbons (Fsp3) is 0.389. The van der Waals surface area contributed by atoms with Crippen molar-refractivity contribution in [1.29, 1.82) is 0 Å². The SMILES string of the molecule is COc1ccc(C=CCN2CCn3nc(C(O)CO)cc3C2)cc1. The summed E-state index contributed by atoms with van der Waals surface area (Å²) in [7, 11) is 1.66. The number of aliphatic hydroxyl groups excluding tert-OH is 2. The summed E-state index contributed by atoms with van der Waals surface area (Å²) in [6.45, 7) is 3.05. The van der Waals surface area contributed by atoms with Crippen LogP contribution in [-0.4, -0.2) is 51.7 Å². The summed E-state index contributed by atoms with van der Waals surface area (Å²) in [5.41, 5.74) is 2.76.